The number of piperidine rings is 1. The number of aromatic nitrogens is 1. The second kappa shape index (κ2) is 13.2. The lowest BCUT2D eigenvalue weighted by atomic mass is 9.96. The van der Waals surface area contributed by atoms with Crippen molar-refractivity contribution in [3.63, 3.8) is 0 Å². The lowest BCUT2D eigenvalue weighted by Gasteiger charge is -2.34. The Hall–Kier alpha value is -4.91. The van der Waals surface area contributed by atoms with E-state index in [4.69, 9.17) is 20.4 Å². The molecule has 0 saturated carbocycles. The number of ether oxygens (including phenoxy) is 2. The van der Waals surface area contributed by atoms with Gasteiger partial charge in [0.25, 0.3) is 5.91 Å². The third-order valence-electron chi connectivity index (χ3n) is 7.18. The number of benzene rings is 2. The van der Waals surface area contributed by atoms with Crippen molar-refractivity contribution >= 4 is 40.3 Å². The molecule has 1 aliphatic rings. The zero-order valence-corrected chi connectivity index (χ0v) is 23.2. The molecule has 1 fully saturated rings. The average molecular weight is 580 g/mol. The number of hydrogen-bond donors (Lipinski definition) is 5. The van der Waals surface area contributed by atoms with Gasteiger partial charge in [-0.05, 0) is 25.0 Å². The molecule has 42 heavy (non-hydrogen) atoms. The fourth-order valence-electron chi connectivity index (χ4n) is 4.92. The van der Waals surface area contributed by atoms with Crippen molar-refractivity contribution in [2.75, 3.05) is 20.2 Å². The van der Waals surface area contributed by atoms with Gasteiger partial charge in [-0.3, -0.25) is 14.4 Å². The number of carbonyl (C=O) groups excluding carboxylic acids is 3. The van der Waals surface area contributed by atoms with E-state index in [-0.39, 0.29) is 29.6 Å². The second-order valence-electron chi connectivity index (χ2n) is 10.0. The van der Waals surface area contributed by atoms with Gasteiger partial charge >= 0.3 is 5.97 Å². The molecular formula is C29H33N5O8. The van der Waals surface area contributed by atoms with Gasteiger partial charge in [0.1, 0.15) is 5.69 Å². The predicted octanol–water partition coefficient (Wildman–Crippen LogP) is 2.33. The maximum absolute atomic E-state index is 13.0. The summed E-state index contributed by atoms with van der Waals surface area (Å²) in [4.78, 5) is 55.2. The number of aliphatic carboxylic acids is 1. The van der Waals surface area contributed by atoms with Gasteiger partial charge < -0.3 is 40.7 Å². The Balaban J connectivity index is 1.30. The van der Waals surface area contributed by atoms with Gasteiger partial charge in [-0.1, -0.05) is 48.5 Å². The van der Waals surface area contributed by atoms with E-state index >= 15 is 0 Å². The number of nitrogens with two attached hydrogens (primary N) is 1. The van der Waals surface area contributed by atoms with Gasteiger partial charge in [-0.25, -0.2) is 4.79 Å². The third kappa shape index (κ3) is 6.69. The number of methoxy groups -OCH3 is 1. The zero-order chi connectivity index (χ0) is 30.4. The number of carboxylic acids is 1. The van der Waals surface area contributed by atoms with Crippen LogP contribution in [-0.4, -0.2) is 82.1 Å². The van der Waals surface area contributed by atoms with Crippen LogP contribution in [-0.2, 0) is 14.3 Å². The molecule has 0 radical (unpaired) electrons. The minimum absolute atomic E-state index is 0.00250. The number of fused-ring (bicyclic) bond motifs is 1. The van der Waals surface area contributed by atoms with Crippen LogP contribution in [0.25, 0.3) is 10.9 Å². The number of nitrogens with one attached hydrogen (secondary N) is 2. The smallest absolute Gasteiger partial charge is 0.354 e. The molecule has 2 aromatic carbocycles. The molecule has 222 valence electrons. The number of ketones is 1. The van der Waals surface area contributed by atoms with Crippen LogP contribution < -0.4 is 15.8 Å². The number of oxime groups is 1. The molecule has 2 unspecified atom stereocenters. The number of H-pyrrole nitrogens is 1. The van der Waals surface area contributed by atoms with Crippen LogP contribution in [0.4, 0.5) is 0 Å². The van der Waals surface area contributed by atoms with Crippen LogP contribution >= 0.6 is 0 Å². The number of carboxylic acid groups (broad SMARTS) is 1. The highest BCUT2D eigenvalue weighted by atomic mass is 16.5. The zero-order valence-electron chi connectivity index (χ0n) is 23.2. The van der Waals surface area contributed by atoms with Crippen molar-refractivity contribution in [3.05, 3.63) is 65.4 Å². The molecular weight excluding hydrogens is 546 g/mol. The number of rotatable bonds is 11. The lowest BCUT2D eigenvalue weighted by molar-refractivity contribution is -0.159. The molecule has 2 atom stereocenters. The van der Waals surface area contributed by atoms with Crippen LogP contribution in [0.15, 0.2) is 53.7 Å². The molecule has 0 bridgehead atoms. The molecule has 0 spiro atoms. The fourth-order valence-corrected chi connectivity index (χ4v) is 4.92. The highest BCUT2D eigenvalue weighted by Crippen LogP contribution is 2.30. The van der Waals surface area contributed by atoms with Crippen LogP contribution in [0, 0.1) is 5.92 Å². The number of carbonyl (C=O) groups is 4. The van der Waals surface area contributed by atoms with E-state index in [0.29, 0.717) is 53.7 Å². The maximum Gasteiger partial charge on any atom is 0.354 e. The predicted molar refractivity (Wildman–Crippen MR) is 151 cm³/mol. The van der Waals surface area contributed by atoms with Gasteiger partial charge in [-0.2, -0.15) is 0 Å². The van der Waals surface area contributed by atoms with Crippen molar-refractivity contribution < 1.29 is 39.0 Å². The number of para-hydroxylation sites is 1. The van der Waals surface area contributed by atoms with E-state index < -0.39 is 30.1 Å². The largest absolute Gasteiger partial charge is 0.494 e. The number of Topliss-reactive ketones (excluding diaryl/α,β-unsaturated/α-hetero) is 1. The standard InChI is InChI=1S/C29H33N5O8/c1-16(15-22(35)17-7-9-18(10-8-17)25(30)33-40)28(37)34-13-11-19(12-14-34)42-27(29(38)39)32-26(36)23-24(41-2)20-5-3-4-6-21(20)31-23/h3-10,16,19,27,31,40H,11-15H2,1-2H3,(H2,30,33)(H,32,36)(H,38,39). The molecule has 1 aromatic heterocycles. The summed E-state index contributed by atoms with van der Waals surface area (Å²) >= 11 is 0. The Morgan fingerprint density at radius 2 is 1.74 bits per heavy atom. The first-order valence-electron chi connectivity index (χ1n) is 13.4. The summed E-state index contributed by atoms with van der Waals surface area (Å²) < 4.78 is 11.1. The van der Waals surface area contributed by atoms with Crippen molar-refractivity contribution in [2.45, 2.75) is 38.5 Å². The van der Waals surface area contributed by atoms with Gasteiger partial charge in [0, 0.05) is 47.5 Å². The molecule has 1 aliphatic heterocycles. The Morgan fingerprint density at radius 1 is 1.10 bits per heavy atom. The minimum atomic E-state index is -1.61. The molecule has 2 heterocycles. The second-order valence-corrected chi connectivity index (χ2v) is 10.0. The van der Waals surface area contributed by atoms with E-state index in [9.17, 15) is 24.3 Å². The highest BCUT2D eigenvalue weighted by molar-refractivity contribution is 6.04. The number of hydrogen-bond acceptors (Lipinski definition) is 8. The van der Waals surface area contributed by atoms with Gasteiger partial charge in [0.05, 0.1) is 13.2 Å². The molecule has 3 aromatic rings. The summed E-state index contributed by atoms with van der Waals surface area (Å²) in [5.41, 5.74) is 7.16. The first-order valence-corrected chi connectivity index (χ1v) is 13.4. The summed E-state index contributed by atoms with van der Waals surface area (Å²) in [6, 6.07) is 13.4. The number of nitrogens with zero attached hydrogens (tertiary/aromatic N) is 2. The van der Waals surface area contributed by atoms with Crippen LogP contribution in [0.3, 0.4) is 0 Å². The Bertz CT molecular complexity index is 1490. The monoisotopic (exact) mass is 579 g/mol. The summed E-state index contributed by atoms with van der Waals surface area (Å²) in [7, 11) is 1.42. The van der Waals surface area contributed by atoms with E-state index in [1.165, 1.54) is 7.11 Å². The molecule has 6 N–H and O–H groups in total. The minimum Gasteiger partial charge on any atom is -0.494 e. The average Bonchev–Trinajstić information content (AvgIpc) is 3.39. The maximum atomic E-state index is 13.0. The summed E-state index contributed by atoms with van der Waals surface area (Å²) in [5.74, 6) is -2.81. The summed E-state index contributed by atoms with van der Waals surface area (Å²) in [5, 5.41) is 24.5. The van der Waals surface area contributed by atoms with Crippen LogP contribution in [0.1, 0.15) is 52.6 Å². The SMILES string of the molecule is COc1c(C(=O)NC(OC2CCN(C(=O)C(C)CC(=O)c3ccc(/C(N)=N/O)cc3)CC2)C(=O)O)[nH]c2ccccc12. The van der Waals surface area contributed by atoms with Crippen molar-refractivity contribution in [3.8, 4) is 5.75 Å². The van der Waals surface area contributed by atoms with Gasteiger partial charge in [0.2, 0.25) is 12.1 Å². The van der Waals surface area contributed by atoms with Crippen molar-refractivity contribution in [1.82, 2.24) is 15.2 Å². The quantitative estimate of drug-likeness (QED) is 0.0565. The number of likely N-dealkylation sites (tertiary alicyclic amines) is 1. The number of amidine groups is 1. The Morgan fingerprint density at radius 3 is 2.36 bits per heavy atom. The lowest BCUT2D eigenvalue weighted by Crippen LogP contribution is -2.48. The molecule has 0 aliphatic carbocycles. The molecule has 1 saturated heterocycles. The number of aromatic amines is 1. The van der Waals surface area contributed by atoms with E-state index in [1.54, 1.807) is 60.4 Å². The third-order valence-corrected chi connectivity index (χ3v) is 7.18. The molecule has 13 heteroatoms. The summed E-state index contributed by atoms with van der Waals surface area (Å²) in [6.45, 7) is 2.31. The van der Waals surface area contributed by atoms with Crippen LogP contribution in [0.5, 0.6) is 5.75 Å². The molecule has 2 amide bonds. The molecule has 13 nitrogen and oxygen atoms in total. The van der Waals surface area contributed by atoms with E-state index in [1.807, 2.05) is 0 Å². The van der Waals surface area contributed by atoms with Crippen molar-refractivity contribution in [1.29, 1.82) is 0 Å². The first kappa shape index (κ1) is 30.1. The first-order chi connectivity index (χ1) is 20.1. The topological polar surface area (TPSA) is 197 Å². The Labute approximate surface area is 241 Å². The highest BCUT2D eigenvalue weighted by Gasteiger charge is 2.32. The summed E-state index contributed by atoms with van der Waals surface area (Å²) in [6.07, 6.45) is -1.40. The molecule has 4 rings (SSSR count). The van der Waals surface area contributed by atoms with Gasteiger partial charge in [-0.15, -0.1) is 0 Å². The number of amides is 2. The fraction of sp³-hybridized carbons (Fsp3) is 0.345. The van der Waals surface area contributed by atoms with Crippen molar-refractivity contribution in [2.24, 2.45) is 16.8 Å². The van der Waals surface area contributed by atoms with E-state index in [2.05, 4.69) is 15.5 Å². The van der Waals surface area contributed by atoms with E-state index in [0.717, 1.165) is 0 Å². The van der Waals surface area contributed by atoms with Crippen LogP contribution in [0.2, 0.25) is 0 Å². The van der Waals surface area contributed by atoms with Gasteiger partial charge in [0.15, 0.2) is 17.4 Å². The normalized spacial score (nSPS) is 15.7. The Kier molecular flexibility index (Phi) is 9.42.